The summed E-state index contributed by atoms with van der Waals surface area (Å²) in [6.07, 6.45) is 8.86. The quantitative estimate of drug-likeness (QED) is 0.566. The van der Waals surface area contributed by atoms with Gasteiger partial charge in [0.15, 0.2) is 0 Å². The van der Waals surface area contributed by atoms with Gasteiger partial charge in [-0.2, -0.15) is 5.10 Å². The van der Waals surface area contributed by atoms with Crippen LogP contribution in [0.2, 0.25) is 0 Å². The maximum Gasteiger partial charge on any atom is 0.234 e. The summed E-state index contributed by atoms with van der Waals surface area (Å²) >= 11 is 1.71. The van der Waals surface area contributed by atoms with Crippen LogP contribution in [-0.4, -0.2) is 46.5 Å². The lowest BCUT2D eigenvalue weighted by molar-refractivity contribution is -0.122. The molecule has 3 aromatic rings. The lowest BCUT2D eigenvalue weighted by atomic mass is 10.0. The molecule has 7 heteroatoms. The fraction of sp³-hybridized carbons (Fsp3) is 0.250. The molecule has 0 aliphatic carbocycles. The molecule has 1 aliphatic heterocycles. The highest BCUT2D eigenvalue weighted by molar-refractivity contribution is 7.98. The molecule has 31 heavy (non-hydrogen) atoms. The van der Waals surface area contributed by atoms with Gasteiger partial charge in [-0.05, 0) is 60.2 Å². The van der Waals surface area contributed by atoms with Crippen LogP contribution in [0.25, 0.3) is 11.3 Å². The third-order valence-corrected chi connectivity index (χ3v) is 6.10. The lowest BCUT2D eigenvalue weighted by Gasteiger charge is -2.25. The van der Waals surface area contributed by atoms with Gasteiger partial charge in [-0.15, -0.1) is 11.8 Å². The molecule has 2 heterocycles. The molecule has 1 aliphatic rings. The van der Waals surface area contributed by atoms with E-state index in [2.05, 4.69) is 33.5 Å². The number of nitrogens with zero attached hydrogens (tertiary/aromatic N) is 3. The van der Waals surface area contributed by atoms with Crippen molar-refractivity contribution in [2.75, 3.05) is 25.9 Å². The van der Waals surface area contributed by atoms with Gasteiger partial charge in [0, 0.05) is 36.3 Å². The number of halogens is 1. The average molecular weight is 437 g/mol. The summed E-state index contributed by atoms with van der Waals surface area (Å²) < 4.78 is 14.9. The minimum atomic E-state index is -0.260. The molecule has 160 valence electrons. The SMILES string of the molecule is CSc1ccc(CNC(=O)CN2CC=C(c3cnn(-c4ccc(F)cc4)c3)CC2)cc1. The second-order valence-corrected chi connectivity index (χ2v) is 8.37. The predicted molar refractivity (Wildman–Crippen MR) is 123 cm³/mol. The van der Waals surface area contributed by atoms with E-state index in [-0.39, 0.29) is 11.7 Å². The molecule has 2 aromatic carbocycles. The molecule has 5 nitrogen and oxygen atoms in total. The zero-order valence-corrected chi connectivity index (χ0v) is 18.2. The largest absolute Gasteiger partial charge is 0.351 e. The number of hydrogen-bond donors (Lipinski definition) is 1. The van der Waals surface area contributed by atoms with Gasteiger partial charge in [0.25, 0.3) is 0 Å². The fourth-order valence-corrected chi connectivity index (χ4v) is 3.95. The molecule has 1 amide bonds. The highest BCUT2D eigenvalue weighted by Crippen LogP contribution is 2.23. The second-order valence-electron chi connectivity index (χ2n) is 7.49. The molecule has 0 spiro atoms. The van der Waals surface area contributed by atoms with Crippen LogP contribution < -0.4 is 5.32 Å². The highest BCUT2D eigenvalue weighted by Gasteiger charge is 2.16. The van der Waals surface area contributed by atoms with Crippen molar-refractivity contribution in [2.45, 2.75) is 17.9 Å². The number of amides is 1. The van der Waals surface area contributed by atoms with Crippen molar-refractivity contribution >= 4 is 23.2 Å². The number of rotatable bonds is 7. The van der Waals surface area contributed by atoms with Crippen LogP contribution in [0.1, 0.15) is 17.5 Å². The Morgan fingerprint density at radius 2 is 1.94 bits per heavy atom. The van der Waals surface area contributed by atoms with Gasteiger partial charge in [0.2, 0.25) is 5.91 Å². The molecule has 0 unspecified atom stereocenters. The summed E-state index contributed by atoms with van der Waals surface area (Å²) in [5, 5.41) is 7.40. The van der Waals surface area contributed by atoms with Crippen LogP contribution in [0.4, 0.5) is 4.39 Å². The molecule has 0 saturated heterocycles. The summed E-state index contributed by atoms with van der Waals surface area (Å²) in [6, 6.07) is 14.5. The van der Waals surface area contributed by atoms with Crippen LogP contribution in [0.15, 0.2) is 71.9 Å². The number of carbonyl (C=O) groups excluding carboxylic acids is 1. The van der Waals surface area contributed by atoms with Gasteiger partial charge in [-0.25, -0.2) is 9.07 Å². The van der Waals surface area contributed by atoms with Gasteiger partial charge >= 0.3 is 0 Å². The number of hydrogen-bond acceptors (Lipinski definition) is 4. The molecule has 1 aromatic heterocycles. The maximum absolute atomic E-state index is 13.1. The summed E-state index contributed by atoms with van der Waals surface area (Å²) in [5.74, 6) is -0.223. The second kappa shape index (κ2) is 9.94. The lowest BCUT2D eigenvalue weighted by Crippen LogP contribution is -2.39. The number of aromatic nitrogens is 2. The van der Waals surface area contributed by atoms with Crippen molar-refractivity contribution in [1.29, 1.82) is 0 Å². The predicted octanol–water partition coefficient (Wildman–Crippen LogP) is 4.14. The molecule has 0 atom stereocenters. The molecular weight excluding hydrogens is 411 g/mol. The summed E-state index contributed by atoms with van der Waals surface area (Å²) in [6.45, 7) is 2.49. The Morgan fingerprint density at radius 3 is 2.61 bits per heavy atom. The Bertz CT molecular complexity index is 1060. The molecule has 4 rings (SSSR count). The van der Waals surface area contributed by atoms with Gasteiger partial charge in [-0.3, -0.25) is 9.69 Å². The number of benzene rings is 2. The molecule has 0 fully saturated rings. The fourth-order valence-electron chi connectivity index (χ4n) is 3.54. The summed E-state index contributed by atoms with van der Waals surface area (Å²) in [7, 11) is 0. The van der Waals surface area contributed by atoms with Gasteiger partial charge in [-0.1, -0.05) is 18.2 Å². The highest BCUT2D eigenvalue weighted by atomic mass is 32.2. The van der Waals surface area contributed by atoms with Crippen molar-refractivity contribution < 1.29 is 9.18 Å². The van der Waals surface area contributed by atoms with Crippen molar-refractivity contribution in [3.63, 3.8) is 0 Å². The number of carbonyl (C=O) groups is 1. The van der Waals surface area contributed by atoms with E-state index in [0.717, 1.165) is 36.3 Å². The van der Waals surface area contributed by atoms with Crippen LogP contribution in [-0.2, 0) is 11.3 Å². The van der Waals surface area contributed by atoms with Crippen molar-refractivity contribution in [2.24, 2.45) is 0 Å². The van der Waals surface area contributed by atoms with E-state index in [0.29, 0.717) is 13.1 Å². The van der Waals surface area contributed by atoms with E-state index in [1.165, 1.54) is 22.6 Å². The van der Waals surface area contributed by atoms with Crippen LogP contribution >= 0.6 is 11.8 Å². The van der Waals surface area contributed by atoms with Crippen LogP contribution in [0, 0.1) is 5.82 Å². The van der Waals surface area contributed by atoms with E-state index in [4.69, 9.17) is 0 Å². The van der Waals surface area contributed by atoms with Gasteiger partial charge < -0.3 is 5.32 Å². The number of thioether (sulfide) groups is 1. The first-order valence-electron chi connectivity index (χ1n) is 10.2. The molecule has 0 bridgehead atoms. The topological polar surface area (TPSA) is 50.2 Å². The first-order valence-corrected chi connectivity index (χ1v) is 11.5. The Labute approximate surface area is 186 Å². The monoisotopic (exact) mass is 436 g/mol. The minimum absolute atomic E-state index is 0.0370. The zero-order valence-electron chi connectivity index (χ0n) is 17.4. The first kappa shape index (κ1) is 21.3. The first-order chi connectivity index (χ1) is 15.1. The normalized spacial score (nSPS) is 14.3. The maximum atomic E-state index is 13.1. The van der Waals surface area contributed by atoms with Crippen LogP contribution in [0.3, 0.4) is 0 Å². The van der Waals surface area contributed by atoms with E-state index >= 15 is 0 Å². The Morgan fingerprint density at radius 1 is 1.16 bits per heavy atom. The van der Waals surface area contributed by atoms with Crippen molar-refractivity contribution in [3.8, 4) is 5.69 Å². The van der Waals surface area contributed by atoms with E-state index in [1.54, 1.807) is 28.6 Å². The Hall–Kier alpha value is -2.90. The number of nitrogens with one attached hydrogen (secondary N) is 1. The minimum Gasteiger partial charge on any atom is -0.351 e. The third kappa shape index (κ3) is 5.62. The Balaban J connectivity index is 1.28. The molecule has 0 radical (unpaired) electrons. The van der Waals surface area contributed by atoms with Crippen molar-refractivity contribution in [1.82, 2.24) is 20.0 Å². The summed E-state index contributed by atoms with van der Waals surface area (Å²) in [4.78, 5) is 15.7. The van der Waals surface area contributed by atoms with Crippen LogP contribution in [0.5, 0.6) is 0 Å². The standard InChI is InChI=1S/C24H25FN4OS/c1-31-23-8-2-18(3-9-23)14-26-24(30)17-28-12-10-19(11-13-28)20-15-27-29(16-20)22-6-4-21(25)5-7-22/h2-10,15-16H,11-14,17H2,1H3,(H,26,30). The van der Waals surface area contributed by atoms with Crippen molar-refractivity contribution in [3.05, 3.63) is 83.9 Å². The van der Waals surface area contributed by atoms with E-state index in [9.17, 15) is 9.18 Å². The Kier molecular flexibility index (Phi) is 6.84. The van der Waals surface area contributed by atoms with E-state index < -0.39 is 0 Å². The molecule has 1 N–H and O–H groups in total. The third-order valence-electron chi connectivity index (χ3n) is 5.35. The average Bonchev–Trinajstić information content (AvgIpc) is 3.29. The smallest absolute Gasteiger partial charge is 0.234 e. The van der Waals surface area contributed by atoms with Gasteiger partial charge in [0.1, 0.15) is 5.82 Å². The zero-order chi connectivity index (χ0) is 21.6. The van der Waals surface area contributed by atoms with E-state index in [1.807, 2.05) is 30.8 Å². The van der Waals surface area contributed by atoms with Gasteiger partial charge in [0.05, 0.1) is 18.4 Å². The summed E-state index contributed by atoms with van der Waals surface area (Å²) in [5.41, 5.74) is 4.21. The molecule has 0 saturated carbocycles. The molecular formula is C24H25FN4OS.